The first-order valence-corrected chi connectivity index (χ1v) is 8.16. The average Bonchev–Trinajstić information content (AvgIpc) is 2.66. The number of hydrogen-bond acceptors (Lipinski definition) is 2. The van der Waals surface area contributed by atoms with Crippen molar-refractivity contribution in [3.63, 3.8) is 0 Å². The monoisotopic (exact) mass is 261 g/mol. The van der Waals surface area contributed by atoms with Gasteiger partial charge in [-0.25, -0.2) is 0 Å². The third-order valence-corrected chi connectivity index (χ3v) is 5.59. The Bertz CT molecular complexity index is 379. The minimum Gasteiger partial charge on any atom is -0.302 e. The van der Waals surface area contributed by atoms with Gasteiger partial charge < -0.3 is 4.90 Å². The molecule has 1 aromatic carbocycles. The summed E-state index contributed by atoms with van der Waals surface area (Å²) in [5.41, 5.74) is 1.57. The summed E-state index contributed by atoms with van der Waals surface area (Å²) in [5, 5.41) is 0.788. The molecule has 2 atom stereocenters. The third-order valence-electron chi connectivity index (χ3n) is 4.29. The van der Waals surface area contributed by atoms with E-state index in [0.29, 0.717) is 0 Å². The fourth-order valence-corrected chi connectivity index (χ4v) is 4.52. The molecule has 2 heterocycles. The fraction of sp³-hybridized carbons (Fsp3) is 0.625. The van der Waals surface area contributed by atoms with Gasteiger partial charge in [-0.2, -0.15) is 0 Å². The normalized spacial score (nSPS) is 28.9. The molecular weight excluding hydrogens is 238 g/mol. The van der Waals surface area contributed by atoms with Crippen LogP contribution in [0.3, 0.4) is 0 Å². The van der Waals surface area contributed by atoms with Crippen molar-refractivity contribution in [3.8, 4) is 0 Å². The summed E-state index contributed by atoms with van der Waals surface area (Å²) in [6.07, 6.45) is 5.48. The predicted octanol–water partition coefficient (Wildman–Crippen LogP) is 3.83. The van der Waals surface area contributed by atoms with Gasteiger partial charge in [-0.15, -0.1) is 11.8 Å². The Balaban J connectivity index is 1.56. The van der Waals surface area contributed by atoms with Crippen LogP contribution in [0.2, 0.25) is 0 Å². The van der Waals surface area contributed by atoms with Crippen LogP contribution >= 0.6 is 11.8 Å². The van der Waals surface area contributed by atoms with E-state index in [4.69, 9.17) is 0 Å². The van der Waals surface area contributed by atoms with Crippen molar-refractivity contribution in [2.75, 3.05) is 19.6 Å². The maximum Gasteiger partial charge on any atom is 0.0263 e. The Hall–Kier alpha value is -0.470. The van der Waals surface area contributed by atoms with Crippen molar-refractivity contribution >= 4 is 11.8 Å². The van der Waals surface area contributed by atoms with Crippen LogP contribution in [0.25, 0.3) is 0 Å². The maximum atomic E-state index is 2.70. The van der Waals surface area contributed by atoms with Gasteiger partial charge in [0.25, 0.3) is 0 Å². The summed E-state index contributed by atoms with van der Waals surface area (Å²) >= 11 is 2.10. The van der Waals surface area contributed by atoms with Gasteiger partial charge in [0.2, 0.25) is 0 Å². The average molecular weight is 261 g/mol. The van der Waals surface area contributed by atoms with Crippen LogP contribution in [0.4, 0.5) is 0 Å². The van der Waals surface area contributed by atoms with E-state index < -0.39 is 0 Å². The predicted molar refractivity (Wildman–Crippen MR) is 79.2 cm³/mol. The fourth-order valence-electron chi connectivity index (χ4n) is 3.15. The minimum atomic E-state index is 0.788. The van der Waals surface area contributed by atoms with Crippen LogP contribution in [0.1, 0.15) is 31.7 Å². The van der Waals surface area contributed by atoms with Gasteiger partial charge in [0.15, 0.2) is 0 Å². The molecule has 0 N–H and O–H groups in total. The molecule has 0 radical (unpaired) electrons. The van der Waals surface area contributed by atoms with E-state index in [0.717, 1.165) is 11.2 Å². The smallest absolute Gasteiger partial charge is 0.0263 e. The van der Waals surface area contributed by atoms with E-state index in [9.17, 15) is 0 Å². The van der Waals surface area contributed by atoms with Crippen LogP contribution < -0.4 is 0 Å². The van der Waals surface area contributed by atoms with Gasteiger partial charge in [0.1, 0.15) is 0 Å². The van der Waals surface area contributed by atoms with Gasteiger partial charge in [0.05, 0.1) is 0 Å². The summed E-state index contributed by atoms with van der Waals surface area (Å²) in [4.78, 5) is 4.22. The zero-order chi connectivity index (χ0) is 12.4. The highest BCUT2D eigenvalue weighted by atomic mass is 32.2. The van der Waals surface area contributed by atoms with E-state index in [1.807, 2.05) is 0 Å². The Kier molecular flexibility index (Phi) is 3.95. The molecule has 18 heavy (non-hydrogen) atoms. The minimum absolute atomic E-state index is 0.788. The second-order valence-corrected chi connectivity index (χ2v) is 7.23. The van der Waals surface area contributed by atoms with E-state index in [2.05, 4.69) is 47.9 Å². The molecule has 1 aromatic rings. The summed E-state index contributed by atoms with van der Waals surface area (Å²) < 4.78 is 0. The number of benzene rings is 1. The molecule has 2 unspecified atom stereocenters. The molecule has 1 saturated heterocycles. The molecule has 0 saturated carbocycles. The first-order valence-electron chi connectivity index (χ1n) is 7.28. The molecule has 0 aromatic heterocycles. The lowest BCUT2D eigenvalue weighted by atomic mass is 10.0. The summed E-state index contributed by atoms with van der Waals surface area (Å²) in [6.45, 7) is 6.32. The highest BCUT2D eigenvalue weighted by molar-refractivity contribution is 8.00. The molecule has 2 aliphatic heterocycles. The van der Waals surface area contributed by atoms with Crippen LogP contribution in [0, 0.1) is 5.92 Å². The molecule has 2 heteroatoms. The zero-order valence-electron chi connectivity index (χ0n) is 11.3. The highest BCUT2D eigenvalue weighted by Crippen LogP contribution is 2.37. The molecule has 0 spiro atoms. The number of rotatable bonds is 2. The third kappa shape index (κ3) is 2.92. The van der Waals surface area contributed by atoms with Crippen LogP contribution in [-0.4, -0.2) is 29.8 Å². The van der Waals surface area contributed by atoms with E-state index in [1.165, 1.54) is 50.2 Å². The Labute approximate surface area is 115 Å². The lowest BCUT2D eigenvalue weighted by molar-refractivity contribution is 0.283. The summed E-state index contributed by atoms with van der Waals surface area (Å²) in [7, 11) is 0. The van der Waals surface area contributed by atoms with Crippen molar-refractivity contribution in [3.05, 3.63) is 29.8 Å². The van der Waals surface area contributed by atoms with Crippen LogP contribution in [-0.2, 0) is 6.42 Å². The Morgan fingerprint density at radius 2 is 2.11 bits per heavy atom. The van der Waals surface area contributed by atoms with Crippen molar-refractivity contribution in [1.29, 1.82) is 0 Å². The lowest BCUT2D eigenvalue weighted by Gasteiger charge is -2.23. The van der Waals surface area contributed by atoms with E-state index in [-0.39, 0.29) is 0 Å². The number of thioether (sulfide) groups is 1. The van der Waals surface area contributed by atoms with Gasteiger partial charge >= 0.3 is 0 Å². The first-order chi connectivity index (χ1) is 8.81. The maximum absolute atomic E-state index is 2.70. The number of nitrogens with zero attached hydrogens (tertiary/aromatic N) is 1. The van der Waals surface area contributed by atoms with Crippen LogP contribution in [0.15, 0.2) is 29.2 Å². The number of fused-ring (bicyclic) bond motifs is 1. The SMILES string of the molecule is CC1CCCN(CC2Cc3ccccc3S2)CC1. The second kappa shape index (κ2) is 5.66. The Morgan fingerprint density at radius 3 is 3.00 bits per heavy atom. The van der Waals surface area contributed by atoms with E-state index >= 15 is 0 Å². The van der Waals surface area contributed by atoms with Crippen molar-refractivity contribution in [2.24, 2.45) is 5.92 Å². The topological polar surface area (TPSA) is 3.24 Å². The standard InChI is InChI=1S/C16H23NS/c1-13-5-4-9-17(10-8-13)12-15-11-14-6-2-3-7-16(14)18-15/h2-3,6-7,13,15H,4-5,8-12H2,1H3. The first kappa shape index (κ1) is 12.6. The molecule has 0 bridgehead atoms. The summed E-state index contributed by atoms with van der Waals surface area (Å²) in [5.74, 6) is 0.934. The Morgan fingerprint density at radius 1 is 1.22 bits per heavy atom. The van der Waals surface area contributed by atoms with Gasteiger partial charge in [-0.3, -0.25) is 0 Å². The molecule has 0 aliphatic carbocycles. The largest absolute Gasteiger partial charge is 0.302 e. The molecule has 1 fully saturated rings. The van der Waals surface area contributed by atoms with Gasteiger partial charge in [0, 0.05) is 16.7 Å². The molecule has 2 aliphatic rings. The number of likely N-dealkylation sites (tertiary alicyclic amines) is 1. The molecule has 1 nitrogen and oxygen atoms in total. The van der Waals surface area contributed by atoms with Crippen molar-refractivity contribution in [2.45, 2.75) is 42.8 Å². The summed E-state index contributed by atoms with van der Waals surface area (Å²) in [6, 6.07) is 8.93. The van der Waals surface area contributed by atoms with Crippen LogP contribution in [0.5, 0.6) is 0 Å². The highest BCUT2D eigenvalue weighted by Gasteiger charge is 2.24. The lowest BCUT2D eigenvalue weighted by Crippen LogP contribution is -2.31. The van der Waals surface area contributed by atoms with E-state index in [1.54, 1.807) is 5.56 Å². The van der Waals surface area contributed by atoms with Gasteiger partial charge in [-0.05, 0) is 56.3 Å². The molecule has 3 rings (SSSR count). The van der Waals surface area contributed by atoms with Crippen molar-refractivity contribution in [1.82, 2.24) is 4.90 Å². The van der Waals surface area contributed by atoms with Crippen molar-refractivity contribution < 1.29 is 0 Å². The zero-order valence-corrected chi connectivity index (χ0v) is 12.1. The molecule has 98 valence electrons. The second-order valence-electron chi connectivity index (χ2n) is 5.89. The molecule has 0 amide bonds. The number of hydrogen-bond donors (Lipinski definition) is 0. The molecular formula is C16H23NS. The quantitative estimate of drug-likeness (QED) is 0.796. The van der Waals surface area contributed by atoms with Gasteiger partial charge in [-0.1, -0.05) is 25.1 Å².